The van der Waals surface area contributed by atoms with Gasteiger partial charge in [0.2, 0.25) is 0 Å². The number of halogens is 1. The van der Waals surface area contributed by atoms with Crippen LogP contribution in [0.3, 0.4) is 0 Å². The largest absolute Gasteiger partial charge is 0.501 e. The first kappa shape index (κ1) is 23.1. The molecular formula is C26H28FN3O2. The summed E-state index contributed by atoms with van der Waals surface area (Å²) in [7, 11) is 1.69. The van der Waals surface area contributed by atoms with Crippen LogP contribution in [0.15, 0.2) is 71.4 Å². The van der Waals surface area contributed by atoms with Crippen LogP contribution in [0.1, 0.15) is 55.1 Å². The summed E-state index contributed by atoms with van der Waals surface area (Å²) in [5.74, 6) is 0.351. The molecule has 1 N–H and O–H groups in total. The molecule has 2 aromatic rings. The first-order valence-electron chi connectivity index (χ1n) is 10.5. The maximum absolute atomic E-state index is 13.7. The van der Waals surface area contributed by atoms with Crippen LogP contribution < -0.4 is 5.32 Å². The number of nitrogens with one attached hydrogen (secondary N) is 1. The van der Waals surface area contributed by atoms with E-state index < -0.39 is 11.7 Å². The van der Waals surface area contributed by atoms with Crippen molar-refractivity contribution in [2.45, 2.75) is 40.5 Å². The highest BCUT2D eigenvalue weighted by Crippen LogP contribution is 2.32. The lowest BCUT2D eigenvalue weighted by atomic mass is 9.93. The fraction of sp³-hybridized carbons (Fsp3) is 0.269. The fourth-order valence-corrected chi connectivity index (χ4v) is 3.58. The second-order valence-electron chi connectivity index (χ2n) is 7.85. The Labute approximate surface area is 188 Å². The SMILES string of the molecule is CCC1=CC(C(=C(C)C)c2ccc(NC(=O)c3cncc(F)c3C)nc2)=CC=C(OC)C1. The maximum Gasteiger partial charge on any atom is 0.258 e. The van der Waals surface area contributed by atoms with Crippen LogP contribution in [0.2, 0.25) is 0 Å². The number of hydrogen-bond donors (Lipinski definition) is 1. The zero-order valence-corrected chi connectivity index (χ0v) is 19.1. The van der Waals surface area contributed by atoms with Gasteiger partial charge < -0.3 is 10.1 Å². The van der Waals surface area contributed by atoms with Crippen molar-refractivity contribution in [2.75, 3.05) is 12.4 Å². The third kappa shape index (κ3) is 5.19. The molecule has 166 valence electrons. The summed E-state index contributed by atoms with van der Waals surface area (Å²) in [6, 6.07) is 3.67. The zero-order chi connectivity index (χ0) is 23.3. The van der Waals surface area contributed by atoms with Crippen LogP contribution in [0.5, 0.6) is 0 Å². The predicted molar refractivity (Wildman–Crippen MR) is 126 cm³/mol. The Hall–Kier alpha value is -3.54. The van der Waals surface area contributed by atoms with Crippen LogP contribution in [0.25, 0.3) is 5.57 Å². The Morgan fingerprint density at radius 3 is 2.59 bits per heavy atom. The van der Waals surface area contributed by atoms with E-state index in [1.54, 1.807) is 26.3 Å². The van der Waals surface area contributed by atoms with Gasteiger partial charge in [-0.3, -0.25) is 9.78 Å². The number of amides is 1. The third-order valence-corrected chi connectivity index (χ3v) is 5.41. The minimum Gasteiger partial charge on any atom is -0.501 e. The van der Waals surface area contributed by atoms with E-state index in [0.717, 1.165) is 47.1 Å². The molecule has 0 saturated heterocycles. The van der Waals surface area contributed by atoms with Gasteiger partial charge in [0.05, 0.1) is 24.6 Å². The van der Waals surface area contributed by atoms with E-state index in [1.165, 1.54) is 11.8 Å². The molecule has 0 aromatic carbocycles. The lowest BCUT2D eigenvalue weighted by molar-refractivity contribution is 0.102. The predicted octanol–water partition coefficient (Wildman–Crippen LogP) is 6.17. The van der Waals surface area contributed by atoms with Gasteiger partial charge in [0.15, 0.2) is 0 Å². The van der Waals surface area contributed by atoms with Gasteiger partial charge in [0.1, 0.15) is 11.6 Å². The van der Waals surface area contributed by atoms with Gasteiger partial charge in [-0.05, 0) is 56.5 Å². The van der Waals surface area contributed by atoms with E-state index in [1.807, 2.05) is 12.1 Å². The molecule has 0 spiro atoms. The fourth-order valence-electron chi connectivity index (χ4n) is 3.58. The van der Waals surface area contributed by atoms with Crippen molar-refractivity contribution in [1.82, 2.24) is 9.97 Å². The molecule has 2 aromatic heterocycles. The Balaban J connectivity index is 1.88. The van der Waals surface area contributed by atoms with Crippen molar-refractivity contribution in [3.05, 3.63) is 93.9 Å². The van der Waals surface area contributed by atoms with Gasteiger partial charge >= 0.3 is 0 Å². The van der Waals surface area contributed by atoms with Crippen LogP contribution >= 0.6 is 0 Å². The molecule has 5 nitrogen and oxygen atoms in total. The molecule has 0 unspecified atom stereocenters. The minimum atomic E-state index is -0.518. The lowest BCUT2D eigenvalue weighted by Gasteiger charge is -2.14. The van der Waals surface area contributed by atoms with E-state index in [-0.39, 0.29) is 11.1 Å². The number of rotatable bonds is 6. The van der Waals surface area contributed by atoms with E-state index in [4.69, 9.17) is 4.74 Å². The summed E-state index contributed by atoms with van der Waals surface area (Å²) in [5.41, 5.74) is 5.99. The number of allylic oxidation sites excluding steroid dienone is 7. The summed E-state index contributed by atoms with van der Waals surface area (Å²) >= 11 is 0. The number of ether oxygens (including phenoxy) is 1. The van der Waals surface area contributed by atoms with Gasteiger partial charge in [-0.25, -0.2) is 9.37 Å². The number of methoxy groups -OCH3 is 1. The summed E-state index contributed by atoms with van der Waals surface area (Å²) in [6.07, 6.45) is 12.2. The Kier molecular flexibility index (Phi) is 7.36. The molecule has 6 heteroatoms. The normalized spacial score (nSPS) is 13.4. The summed E-state index contributed by atoms with van der Waals surface area (Å²) in [5, 5.41) is 2.72. The number of aromatic nitrogens is 2. The number of nitrogens with zero attached hydrogens (tertiary/aromatic N) is 2. The van der Waals surface area contributed by atoms with E-state index in [9.17, 15) is 9.18 Å². The topological polar surface area (TPSA) is 64.1 Å². The lowest BCUT2D eigenvalue weighted by Crippen LogP contribution is -2.15. The molecule has 0 bridgehead atoms. The third-order valence-electron chi connectivity index (χ3n) is 5.41. The number of carbonyl (C=O) groups is 1. The van der Waals surface area contributed by atoms with Crippen LogP contribution in [0, 0.1) is 12.7 Å². The highest BCUT2D eigenvalue weighted by atomic mass is 19.1. The number of carbonyl (C=O) groups excluding carboxylic acids is 1. The average Bonchev–Trinajstić information content (AvgIpc) is 2.99. The molecule has 1 aliphatic carbocycles. The van der Waals surface area contributed by atoms with Crippen LogP contribution in [0.4, 0.5) is 10.2 Å². The van der Waals surface area contributed by atoms with Crippen molar-refractivity contribution in [3.8, 4) is 0 Å². The second-order valence-corrected chi connectivity index (χ2v) is 7.85. The van der Waals surface area contributed by atoms with Crippen molar-refractivity contribution < 1.29 is 13.9 Å². The Morgan fingerprint density at radius 2 is 1.97 bits per heavy atom. The second kappa shape index (κ2) is 10.2. The zero-order valence-electron chi connectivity index (χ0n) is 19.1. The molecule has 32 heavy (non-hydrogen) atoms. The smallest absolute Gasteiger partial charge is 0.258 e. The van der Waals surface area contributed by atoms with Crippen molar-refractivity contribution in [2.24, 2.45) is 0 Å². The van der Waals surface area contributed by atoms with E-state index in [0.29, 0.717) is 5.82 Å². The molecule has 3 rings (SSSR count). The highest BCUT2D eigenvalue weighted by Gasteiger charge is 2.15. The molecule has 0 radical (unpaired) electrons. The van der Waals surface area contributed by atoms with Gasteiger partial charge in [-0.2, -0.15) is 0 Å². The van der Waals surface area contributed by atoms with Crippen LogP contribution in [-0.4, -0.2) is 23.0 Å². The number of pyridine rings is 2. The van der Waals surface area contributed by atoms with Crippen molar-refractivity contribution in [3.63, 3.8) is 0 Å². The Bertz CT molecular complexity index is 1140. The molecular weight excluding hydrogens is 405 g/mol. The molecule has 0 saturated carbocycles. The quantitative estimate of drug-likeness (QED) is 0.592. The summed E-state index contributed by atoms with van der Waals surface area (Å²) in [4.78, 5) is 20.7. The maximum atomic E-state index is 13.7. The molecule has 2 heterocycles. The molecule has 1 aliphatic rings. The first-order valence-corrected chi connectivity index (χ1v) is 10.5. The monoisotopic (exact) mass is 433 g/mol. The van der Waals surface area contributed by atoms with Gasteiger partial charge in [0, 0.05) is 29.9 Å². The number of anilines is 1. The number of hydrogen-bond acceptors (Lipinski definition) is 4. The van der Waals surface area contributed by atoms with E-state index >= 15 is 0 Å². The van der Waals surface area contributed by atoms with E-state index in [2.05, 4.69) is 48.2 Å². The van der Waals surface area contributed by atoms with Gasteiger partial charge in [-0.1, -0.05) is 30.2 Å². The van der Waals surface area contributed by atoms with Gasteiger partial charge in [0.25, 0.3) is 5.91 Å². The molecule has 0 fully saturated rings. The standard InChI is InChI=1S/C26H28FN3O2/c1-6-18-11-19(7-9-21(12-18)32-5)25(16(2)3)20-8-10-24(29-13-20)30-26(31)22-14-28-15-23(27)17(22)4/h7-11,13-15H,6,12H2,1-5H3,(H,29,30,31). The Morgan fingerprint density at radius 1 is 1.19 bits per heavy atom. The minimum absolute atomic E-state index is 0.183. The van der Waals surface area contributed by atoms with Crippen LogP contribution in [-0.2, 0) is 4.74 Å². The van der Waals surface area contributed by atoms with Gasteiger partial charge in [-0.15, -0.1) is 0 Å². The van der Waals surface area contributed by atoms with Crippen molar-refractivity contribution >= 4 is 17.3 Å². The highest BCUT2D eigenvalue weighted by molar-refractivity contribution is 6.04. The summed E-state index contributed by atoms with van der Waals surface area (Å²) < 4.78 is 19.2. The van der Waals surface area contributed by atoms with Crippen molar-refractivity contribution in [1.29, 1.82) is 0 Å². The summed E-state index contributed by atoms with van der Waals surface area (Å²) in [6.45, 7) is 7.82. The molecule has 1 amide bonds. The molecule has 0 aliphatic heterocycles. The first-order chi connectivity index (χ1) is 15.3. The molecule has 0 atom stereocenters. The average molecular weight is 434 g/mol.